The smallest absolute Gasteiger partial charge is 0.244 e. The molecular weight excluding hydrogens is 310 g/mol. The number of carbonyl (C=O) groups excluding carboxylic acids is 1. The maximum atomic E-state index is 12.1. The monoisotopic (exact) mass is 327 g/mol. The van der Waals surface area contributed by atoms with E-state index in [1.54, 1.807) is 22.8 Å². The van der Waals surface area contributed by atoms with Gasteiger partial charge < -0.3 is 10.2 Å². The van der Waals surface area contributed by atoms with Gasteiger partial charge in [-0.3, -0.25) is 4.79 Å². The Hall–Kier alpha value is -1.44. The zero-order valence-corrected chi connectivity index (χ0v) is 13.6. The predicted molar refractivity (Wildman–Crippen MR) is 83.2 cm³/mol. The topological polar surface area (TPSA) is 63.1 Å². The van der Waals surface area contributed by atoms with Crippen LogP contribution in [0.2, 0.25) is 4.34 Å². The lowest BCUT2D eigenvalue weighted by molar-refractivity contribution is -0.131. The summed E-state index contributed by atoms with van der Waals surface area (Å²) in [5.41, 5.74) is 0.831. The molecule has 2 aromatic heterocycles. The van der Waals surface area contributed by atoms with E-state index >= 15 is 0 Å². The second kappa shape index (κ2) is 7.53. The number of hydrogen-bond acceptors (Lipinski definition) is 5. The minimum atomic E-state index is -0.0144. The van der Waals surface area contributed by atoms with Gasteiger partial charge in [-0.05, 0) is 18.7 Å². The SMILES string of the molecule is CCNCc1cn(CC(=O)N(C)Cc2ccc(Cl)s2)nn1. The van der Waals surface area contributed by atoms with Crippen LogP contribution in [0.4, 0.5) is 0 Å². The first-order valence-corrected chi connectivity index (χ1v) is 7.86. The molecule has 0 aliphatic heterocycles. The fraction of sp³-hybridized carbons (Fsp3) is 0.462. The van der Waals surface area contributed by atoms with Crippen LogP contribution in [0.5, 0.6) is 0 Å². The van der Waals surface area contributed by atoms with Gasteiger partial charge in [0, 0.05) is 18.5 Å². The molecular formula is C13H18ClN5OS. The number of halogens is 1. The van der Waals surface area contributed by atoms with Crippen LogP contribution >= 0.6 is 22.9 Å². The number of hydrogen-bond donors (Lipinski definition) is 1. The summed E-state index contributed by atoms with van der Waals surface area (Å²) in [7, 11) is 1.77. The summed E-state index contributed by atoms with van der Waals surface area (Å²) in [5, 5.41) is 11.1. The molecule has 0 unspecified atom stereocenters. The van der Waals surface area contributed by atoms with Crippen LogP contribution in [-0.4, -0.2) is 39.4 Å². The molecule has 1 N–H and O–H groups in total. The van der Waals surface area contributed by atoms with E-state index in [-0.39, 0.29) is 12.5 Å². The van der Waals surface area contributed by atoms with Crippen molar-refractivity contribution in [1.82, 2.24) is 25.2 Å². The Morgan fingerprint density at radius 1 is 1.52 bits per heavy atom. The highest BCUT2D eigenvalue weighted by Gasteiger charge is 2.12. The standard InChI is InChI=1S/C13H18ClN5OS/c1-3-15-6-10-7-19(17-16-10)9-13(20)18(2)8-11-4-5-12(14)21-11/h4-5,7,15H,3,6,8-9H2,1-2H3. The normalized spacial score (nSPS) is 10.8. The quantitative estimate of drug-likeness (QED) is 0.841. The van der Waals surface area contributed by atoms with E-state index in [0.717, 1.165) is 21.5 Å². The van der Waals surface area contributed by atoms with E-state index in [9.17, 15) is 4.79 Å². The van der Waals surface area contributed by atoms with Crippen LogP contribution in [0, 0.1) is 0 Å². The van der Waals surface area contributed by atoms with Gasteiger partial charge in [-0.2, -0.15) is 0 Å². The molecule has 21 heavy (non-hydrogen) atoms. The molecule has 0 saturated carbocycles. The van der Waals surface area contributed by atoms with Gasteiger partial charge in [-0.1, -0.05) is 23.7 Å². The minimum Gasteiger partial charge on any atom is -0.339 e. The minimum absolute atomic E-state index is 0.0144. The Labute approximate surface area is 132 Å². The van der Waals surface area contributed by atoms with E-state index in [2.05, 4.69) is 15.6 Å². The number of likely N-dealkylation sites (N-methyl/N-ethyl adjacent to an activating group) is 1. The number of amides is 1. The molecule has 0 aliphatic rings. The molecule has 8 heteroatoms. The molecule has 114 valence electrons. The number of rotatable bonds is 7. The number of nitrogens with one attached hydrogen (secondary N) is 1. The first kappa shape index (κ1) is 15.9. The van der Waals surface area contributed by atoms with Gasteiger partial charge in [0.2, 0.25) is 5.91 Å². The molecule has 2 aromatic rings. The third kappa shape index (κ3) is 4.80. The molecule has 0 bridgehead atoms. The van der Waals surface area contributed by atoms with Gasteiger partial charge in [-0.25, -0.2) is 4.68 Å². The van der Waals surface area contributed by atoms with Crippen LogP contribution in [0.3, 0.4) is 0 Å². The molecule has 0 aromatic carbocycles. The van der Waals surface area contributed by atoms with Crippen molar-refractivity contribution in [2.75, 3.05) is 13.6 Å². The summed E-state index contributed by atoms with van der Waals surface area (Å²) >= 11 is 7.37. The lowest BCUT2D eigenvalue weighted by Gasteiger charge is -2.15. The average molecular weight is 328 g/mol. The first-order valence-electron chi connectivity index (χ1n) is 6.66. The van der Waals surface area contributed by atoms with E-state index < -0.39 is 0 Å². The molecule has 0 saturated heterocycles. The summed E-state index contributed by atoms with van der Waals surface area (Å²) in [6, 6.07) is 3.77. The van der Waals surface area contributed by atoms with Crippen molar-refractivity contribution < 1.29 is 4.79 Å². The highest BCUT2D eigenvalue weighted by Crippen LogP contribution is 2.22. The Bertz CT molecular complexity index is 597. The lowest BCUT2D eigenvalue weighted by Crippen LogP contribution is -2.29. The van der Waals surface area contributed by atoms with Crippen LogP contribution in [-0.2, 0) is 24.4 Å². The van der Waals surface area contributed by atoms with E-state index in [4.69, 9.17) is 11.6 Å². The predicted octanol–water partition coefficient (Wildman–Crippen LogP) is 1.76. The molecule has 0 aliphatic carbocycles. The third-order valence-electron chi connectivity index (χ3n) is 2.89. The zero-order valence-electron chi connectivity index (χ0n) is 12.0. The molecule has 0 atom stereocenters. The Morgan fingerprint density at radius 2 is 2.33 bits per heavy atom. The Morgan fingerprint density at radius 3 is 3.00 bits per heavy atom. The van der Waals surface area contributed by atoms with Gasteiger partial charge in [0.05, 0.1) is 22.8 Å². The number of nitrogens with zero attached hydrogens (tertiary/aromatic N) is 4. The highest BCUT2D eigenvalue weighted by molar-refractivity contribution is 7.16. The van der Waals surface area contributed by atoms with Gasteiger partial charge in [-0.15, -0.1) is 16.4 Å². The van der Waals surface area contributed by atoms with Gasteiger partial charge in [0.25, 0.3) is 0 Å². The second-order valence-corrected chi connectivity index (χ2v) is 6.44. The van der Waals surface area contributed by atoms with E-state index in [0.29, 0.717) is 13.1 Å². The zero-order chi connectivity index (χ0) is 15.2. The van der Waals surface area contributed by atoms with Crippen molar-refractivity contribution in [2.24, 2.45) is 0 Å². The number of thiophene rings is 1. The van der Waals surface area contributed by atoms with Crippen molar-refractivity contribution in [3.63, 3.8) is 0 Å². The van der Waals surface area contributed by atoms with E-state index in [1.807, 2.05) is 19.1 Å². The van der Waals surface area contributed by atoms with Gasteiger partial charge >= 0.3 is 0 Å². The molecule has 6 nitrogen and oxygen atoms in total. The van der Waals surface area contributed by atoms with Gasteiger partial charge in [0.1, 0.15) is 6.54 Å². The second-order valence-electron chi connectivity index (χ2n) is 4.64. The molecule has 2 rings (SSSR count). The summed E-state index contributed by atoms with van der Waals surface area (Å²) in [6.45, 7) is 4.30. The Kier molecular flexibility index (Phi) is 5.72. The van der Waals surface area contributed by atoms with Crippen molar-refractivity contribution in [1.29, 1.82) is 0 Å². The molecule has 0 fully saturated rings. The molecule has 0 spiro atoms. The summed E-state index contributed by atoms with van der Waals surface area (Å²) < 4.78 is 2.29. The molecule has 1 amide bonds. The molecule has 2 heterocycles. The first-order chi connectivity index (χ1) is 10.1. The van der Waals surface area contributed by atoms with Crippen LogP contribution in [0.25, 0.3) is 0 Å². The maximum absolute atomic E-state index is 12.1. The molecule has 0 radical (unpaired) electrons. The van der Waals surface area contributed by atoms with Crippen molar-refractivity contribution in [2.45, 2.75) is 26.6 Å². The van der Waals surface area contributed by atoms with Crippen LogP contribution in [0.1, 0.15) is 17.5 Å². The highest BCUT2D eigenvalue weighted by atomic mass is 35.5. The fourth-order valence-corrected chi connectivity index (χ4v) is 2.91. The number of aromatic nitrogens is 3. The summed E-state index contributed by atoms with van der Waals surface area (Å²) in [6.07, 6.45) is 1.79. The summed E-state index contributed by atoms with van der Waals surface area (Å²) in [5.74, 6) is -0.0144. The van der Waals surface area contributed by atoms with Crippen molar-refractivity contribution >= 4 is 28.8 Å². The Balaban J connectivity index is 1.86. The van der Waals surface area contributed by atoms with Crippen molar-refractivity contribution in [3.05, 3.63) is 33.2 Å². The van der Waals surface area contributed by atoms with E-state index in [1.165, 1.54) is 11.3 Å². The van der Waals surface area contributed by atoms with Gasteiger partial charge in [0.15, 0.2) is 0 Å². The summed E-state index contributed by atoms with van der Waals surface area (Å²) in [4.78, 5) is 14.9. The van der Waals surface area contributed by atoms with Crippen molar-refractivity contribution in [3.8, 4) is 0 Å². The lowest BCUT2D eigenvalue weighted by atomic mass is 10.4. The number of carbonyl (C=O) groups is 1. The maximum Gasteiger partial charge on any atom is 0.244 e. The largest absolute Gasteiger partial charge is 0.339 e. The van der Waals surface area contributed by atoms with Crippen LogP contribution < -0.4 is 5.32 Å². The fourth-order valence-electron chi connectivity index (χ4n) is 1.77. The average Bonchev–Trinajstić information content (AvgIpc) is 3.05. The third-order valence-corrected chi connectivity index (χ3v) is 4.10. The van der Waals surface area contributed by atoms with Crippen LogP contribution in [0.15, 0.2) is 18.3 Å².